The molecule has 76 valence electrons. The quantitative estimate of drug-likeness (QED) is 0.687. The van der Waals surface area contributed by atoms with Gasteiger partial charge in [-0.15, -0.1) is 0 Å². The van der Waals surface area contributed by atoms with Gasteiger partial charge in [-0.1, -0.05) is 6.07 Å². The molecule has 0 saturated heterocycles. The van der Waals surface area contributed by atoms with E-state index in [1.165, 1.54) is 6.21 Å². The van der Waals surface area contributed by atoms with Gasteiger partial charge in [-0.25, -0.2) is 5.43 Å². The van der Waals surface area contributed by atoms with Gasteiger partial charge in [0.2, 0.25) is 0 Å². The Morgan fingerprint density at radius 3 is 3.13 bits per heavy atom. The number of hydrogen-bond acceptors (Lipinski definition) is 4. The van der Waals surface area contributed by atoms with Crippen molar-refractivity contribution in [1.29, 1.82) is 0 Å². The van der Waals surface area contributed by atoms with Gasteiger partial charge in [-0.2, -0.15) is 5.10 Å². The van der Waals surface area contributed by atoms with E-state index in [0.29, 0.717) is 12.1 Å². The molecule has 0 atom stereocenters. The summed E-state index contributed by atoms with van der Waals surface area (Å²) < 4.78 is 0. The van der Waals surface area contributed by atoms with Crippen LogP contribution in [0, 0.1) is 0 Å². The number of nitrogens with one attached hydrogen (secondary N) is 2. The molecule has 1 aromatic heterocycles. The average Bonchev–Trinajstić information content (AvgIpc) is 2.66. The van der Waals surface area contributed by atoms with Crippen LogP contribution < -0.4 is 10.7 Å². The van der Waals surface area contributed by atoms with Crippen molar-refractivity contribution in [2.45, 2.75) is 6.54 Å². The normalized spacial score (nSPS) is 16.8. The van der Waals surface area contributed by atoms with E-state index >= 15 is 0 Å². The maximum Gasteiger partial charge on any atom is 0.274 e. The van der Waals surface area contributed by atoms with Crippen molar-refractivity contribution in [2.24, 2.45) is 5.10 Å². The van der Waals surface area contributed by atoms with Gasteiger partial charge < -0.3 is 5.32 Å². The van der Waals surface area contributed by atoms with Crippen molar-refractivity contribution in [3.05, 3.63) is 41.9 Å². The highest BCUT2D eigenvalue weighted by Gasteiger charge is 2.10. The molecule has 15 heavy (non-hydrogen) atoms. The van der Waals surface area contributed by atoms with E-state index in [1.807, 2.05) is 12.1 Å². The summed E-state index contributed by atoms with van der Waals surface area (Å²) in [5.74, 6) is -0.186. The topological polar surface area (TPSA) is 66.4 Å². The van der Waals surface area contributed by atoms with Gasteiger partial charge in [-0.3, -0.25) is 9.78 Å². The average molecular weight is 202 g/mol. The lowest BCUT2D eigenvalue weighted by Gasteiger charge is -2.00. The summed E-state index contributed by atoms with van der Waals surface area (Å²) in [6.45, 7) is 0.637. The maximum atomic E-state index is 11.1. The number of carbonyl (C=O) groups is 1. The SMILES string of the molecule is O=C1NN=CC1=CNCc1cccnc1. The van der Waals surface area contributed by atoms with Crippen LogP contribution in [-0.4, -0.2) is 17.1 Å². The predicted octanol–water partition coefficient (Wildman–Crippen LogP) is 0.171. The highest BCUT2D eigenvalue weighted by molar-refractivity contribution is 6.15. The fraction of sp³-hybridized carbons (Fsp3) is 0.100. The third-order valence-corrected chi connectivity index (χ3v) is 1.92. The smallest absolute Gasteiger partial charge is 0.274 e. The van der Waals surface area contributed by atoms with Gasteiger partial charge in [0.1, 0.15) is 0 Å². The molecule has 5 heteroatoms. The zero-order valence-corrected chi connectivity index (χ0v) is 7.97. The number of carbonyl (C=O) groups excluding carboxylic acids is 1. The molecule has 2 rings (SSSR count). The summed E-state index contributed by atoms with van der Waals surface area (Å²) in [5.41, 5.74) is 3.91. The largest absolute Gasteiger partial charge is 0.386 e. The minimum atomic E-state index is -0.186. The first-order chi connectivity index (χ1) is 7.36. The van der Waals surface area contributed by atoms with Crippen molar-refractivity contribution in [1.82, 2.24) is 15.7 Å². The lowest BCUT2D eigenvalue weighted by molar-refractivity contribution is -0.116. The van der Waals surface area contributed by atoms with Crippen LogP contribution in [0.15, 0.2) is 41.4 Å². The molecule has 0 saturated carbocycles. The van der Waals surface area contributed by atoms with Crippen molar-refractivity contribution in [2.75, 3.05) is 0 Å². The summed E-state index contributed by atoms with van der Waals surface area (Å²) in [6.07, 6.45) is 6.62. The van der Waals surface area contributed by atoms with Crippen molar-refractivity contribution < 1.29 is 4.79 Å². The second kappa shape index (κ2) is 4.36. The second-order valence-electron chi connectivity index (χ2n) is 3.04. The minimum absolute atomic E-state index is 0.186. The molecule has 0 spiro atoms. The molecule has 0 bridgehead atoms. The van der Waals surface area contributed by atoms with E-state index in [0.717, 1.165) is 5.56 Å². The molecule has 2 N–H and O–H groups in total. The van der Waals surface area contributed by atoms with E-state index in [-0.39, 0.29) is 5.91 Å². The van der Waals surface area contributed by atoms with E-state index in [4.69, 9.17) is 0 Å². The molecule has 0 aliphatic carbocycles. The number of nitrogens with zero attached hydrogens (tertiary/aromatic N) is 2. The van der Waals surface area contributed by atoms with E-state index in [1.54, 1.807) is 18.6 Å². The Labute approximate surface area is 86.9 Å². The van der Waals surface area contributed by atoms with Crippen LogP contribution in [0.1, 0.15) is 5.56 Å². The zero-order chi connectivity index (χ0) is 10.5. The molecular weight excluding hydrogens is 192 g/mol. The van der Waals surface area contributed by atoms with Crippen LogP contribution >= 0.6 is 0 Å². The summed E-state index contributed by atoms with van der Waals surface area (Å²) in [5, 5.41) is 6.65. The van der Waals surface area contributed by atoms with Gasteiger partial charge in [0.15, 0.2) is 0 Å². The Balaban J connectivity index is 1.90. The van der Waals surface area contributed by atoms with Crippen LogP contribution in [0.4, 0.5) is 0 Å². The van der Waals surface area contributed by atoms with Crippen molar-refractivity contribution >= 4 is 12.1 Å². The molecule has 5 nitrogen and oxygen atoms in total. The summed E-state index contributed by atoms with van der Waals surface area (Å²) >= 11 is 0. The number of hydrazone groups is 1. The van der Waals surface area contributed by atoms with Gasteiger partial charge in [0.25, 0.3) is 5.91 Å². The number of amides is 1. The van der Waals surface area contributed by atoms with Crippen LogP contribution in [0.3, 0.4) is 0 Å². The number of hydrogen-bond donors (Lipinski definition) is 2. The first-order valence-corrected chi connectivity index (χ1v) is 4.52. The Hall–Kier alpha value is -2.17. The minimum Gasteiger partial charge on any atom is -0.386 e. The highest BCUT2D eigenvalue weighted by Crippen LogP contribution is 1.97. The standard InChI is InChI=1S/C10H10N4O/c15-10-9(7-13-14-10)6-12-5-8-2-1-3-11-4-8/h1-4,6-7,12H,5H2,(H,14,15). The molecule has 1 aromatic rings. The molecule has 0 fully saturated rings. The van der Waals surface area contributed by atoms with Crippen LogP contribution in [-0.2, 0) is 11.3 Å². The first kappa shape index (κ1) is 9.39. The van der Waals surface area contributed by atoms with Gasteiger partial charge in [-0.05, 0) is 11.6 Å². The van der Waals surface area contributed by atoms with E-state index < -0.39 is 0 Å². The van der Waals surface area contributed by atoms with Crippen molar-refractivity contribution in [3.8, 4) is 0 Å². The lowest BCUT2D eigenvalue weighted by atomic mass is 10.3. The molecular formula is C10H10N4O. The Bertz CT molecular complexity index is 411. The number of rotatable bonds is 3. The zero-order valence-electron chi connectivity index (χ0n) is 7.97. The second-order valence-corrected chi connectivity index (χ2v) is 3.04. The molecule has 0 radical (unpaired) electrons. The fourth-order valence-electron chi connectivity index (χ4n) is 1.17. The van der Waals surface area contributed by atoms with Crippen LogP contribution in [0.25, 0.3) is 0 Å². The van der Waals surface area contributed by atoms with Gasteiger partial charge in [0.05, 0.1) is 11.8 Å². The Morgan fingerprint density at radius 2 is 2.47 bits per heavy atom. The molecule has 1 aliphatic heterocycles. The van der Waals surface area contributed by atoms with Crippen LogP contribution in [0.2, 0.25) is 0 Å². The summed E-state index contributed by atoms with van der Waals surface area (Å²) in [7, 11) is 0. The number of aromatic nitrogens is 1. The highest BCUT2D eigenvalue weighted by atomic mass is 16.2. The third-order valence-electron chi connectivity index (χ3n) is 1.92. The molecule has 0 aromatic carbocycles. The Kier molecular flexibility index (Phi) is 2.73. The third kappa shape index (κ3) is 2.40. The maximum absolute atomic E-state index is 11.1. The van der Waals surface area contributed by atoms with Crippen molar-refractivity contribution in [3.63, 3.8) is 0 Å². The first-order valence-electron chi connectivity index (χ1n) is 4.52. The molecule has 2 heterocycles. The summed E-state index contributed by atoms with van der Waals surface area (Å²) in [6, 6.07) is 3.83. The molecule has 1 amide bonds. The van der Waals surface area contributed by atoms with Gasteiger partial charge in [0, 0.05) is 25.1 Å². The Morgan fingerprint density at radius 1 is 1.53 bits per heavy atom. The molecule has 0 unspecified atom stereocenters. The lowest BCUT2D eigenvalue weighted by Crippen LogP contribution is -2.15. The number of pyridine rings is 1. The fourth-order valence-corrected chi connectivity index (χ4v) is 1.17. The summed E-state index contributed by atoms with van der Waals surface area (Å²) in [4.78, 5) is 15.0. The van der Waals surface area contributed by atoms with Crippen LogP contribution in [0.5, 0.6) is 0 Å². The monoisotopic (exact) mass is 202 g/mol. The van der Waals surface area contributed by atoms with E-state index in [9.17, 15) is 4.79 Å². The molecule has 1 aliphatic rings. The predicted molar refractivity (Wildman–Crippen MR) is 55.8 cm³/mol. The van der Waals surface area contributed by atoms with E-state index in [2.05, 4.69) is 20.8 Å². The van der Waals surface area contributed by atoms with Gasteiger partial charge >= 0.3 is 0 Å².